The summed E-state index contributed by atoms with van der Waals surface area (Å²) in [5.74, 6) is 2.08. The van der Waals surface area contributed by atoms with E-state index in [4.69, 9.17) is 9.47 Å². The van der Waals surface area contributed by atoms with Crippen molar-refractivity contribution >= 4 is 43.8 Å². The zero-order valence-corrected chi connectivity index (χ0v) is 54.7. The largest absolute Gasteiger partial charge is 0.508 e. The molecule has 0 aromatic heterocycles. The third-order valence-electron chi connectivity index (χ3n) is 16.2. The normalized spacial score (nSPS) is 15.2. The summed E-state index contributed by atoms with van der Waals surface area (Å²) in [6.07, 6.45) is -2.80. The molecular weight excluding hydrogens is 1250 g/mol. The molecular formula is C73H84Br2F6O6. The predicted octanol–water partition coefficient (Wildman–Crippen LogP) is 21.9. The third-order valence-corrected chi connectivity index (χ3v) is 17.8. The average molecular weight is 1330 g/mol. The first-order chi connectivity index (χ1) is 40.8. The standard InChI is InChI=1S/C28H28BrF3O2.C26H26BrF3O.C19H30O3/c1-19(21-7-5-4-6-8-21)17-23(22-9-15-26(16-10-22)34-20(2)33)18-27(3,29)24-11-13-25(14-12-24)28(30,31)32;1-18(19-6-4-3-5-7-19)16-21(20-8-14-24(31)15-9-20)17-25(2,27)22-10-12-23(13-11-22)26(28,29)30;1-6-14(3)11-16(15-9-8-10-17(20)12-15)13-19(4,5)18(21)22-7-2/h4-16,19,23H,17-18H2,1-3H3;3-15,18,21,31H,16-17H2,1-2H3;8-10,12,14,16,20H,6-7,11,13H2,1-5H3. The van der Waals surface area contributed by atoms with Crippen LogP contribution in [0.5, 0.6) is 17.2 Å². The molecule has 0 aliphatic carbocycles. The summed E-state index contributed by atoms with van der Waals surface area (Å²) in [5, 5.41) is 19.5. The first-order valence-corrected chi connectivity index (χ1v) is 31.3. The van der Waals surface area contributed by atoms with Crippen LogP contribution in [-0.4, -0.2) is 28.8 Å². The van der Waals surface area contributed by atoms with Crippen LogP contribution in [0.1, 0.15) is 194 Å². The molecule has 0 saturated heterocycles. The minimum absolute atomic E-state index is 0.105. The molecule has 0 bridgehead atoms. The van der Waals surface area contributed by atoms with Crippen molar-refractivity contribution in [3.63, 3.8) is 0 Å². The van der Waals surface area contributed by atoms with Gasteiger partial charge in [-0.2, -0.15) is 26.3 Å². The molecule has 0 aliphatic heterocycles. The molecule has 7 aromatic rings. The van der Waals surface area contributed by atoms with E-state index < -0.39 is 37.5 Å². The van der Waals surface area contributed by atoms with E-state index in [9.17, 15) is 46.1 Å². The summed E-state index contributed by atoms with van der Waals surface area (Å²) in [5.41, 5.74) is 5.51. The molecule has 0 spiro atoms. The lowest BCUT2D eigenvalue weighted by atomic mass is 9.76. The third kappa shape index (κ3) is 22.6. The Bertz CT molecular complexity index is 3180. The first-order valence-electron chi connectivity index (χ1n) is 29.7. The molecule has 2 N–H and O–H groups in total. The van der Waals surface area contributed by atoms with Gasteiger partial charge in [0, 0.05) is 15.6 Å². The highest BCUT2D eigenvalue weighted by atomic mass is 79.9. The van der Waals surface area contributed by atoms with E-state index in [0.717, 1.165) is 84.2 Å². The van der Waals surface area contributed by atoms with Crippen molar-refractivity contribution in [2.24, 2.45) is 11.3 Å². The van der Waals surface area contributed by atoms with Crippen molar-refractivity contribution in [2.45, 2.75) is 165 Å². The van der Waals surface area contributed by atoms with Crippen molar-refractivity contribution < 1.29 is 55.6 Å². The summed E-state index contributed by atoms with van der Waals surface area (Å²) < 4.78 is 87.3. The van der Waals surface area contributed by atoms with E-state index in [2.05, 4.69) is 83.8 Å². The Morgan fingerprint density at radius 2 is 0.862 bits per heavy atom. The molecule has 0 aliphatic rings. The maximum Gasteiger partial charge on any atom is 0.416 e. The fraction of sp³-hybridized carbons (Fsp3) is 0.397. The van der Waals surface area contributed by atoms with Crippen LogP contribution in [0.3, 0.4) is 0 Å². The fourth-order valence-electron chi connectivity index (χ4n) is 11.1. The number of carbonyl (C=O) groups is 2. The Hall–Kier alpha value is -6.38. The Morgan fingerprint density at radius 1 is 0.471 bits per heavy atom. The number of aromatic hydroxyl groups is 2. The SMILES string of the molecule is CC(=O)Oc1ccc(C(CC(C)c2ccccc2)CC(C)(Br)c2ccc(C(F)(F)F)cc2)cc1.CC(CC(CC(C)(Br)c1ccc(C(F)(F)F)cc1)c1ccc(O)cc1)c1ccccc1.CCOC(=O)C(C)(C)CC(CC(C)CC)c1cccc(O)c1. The second-order valence-electron chi connectivity index (χ2n) is 24.0. The number of ether oxygens (including phenoxy) is 2. The summed E-state index contributed by atoms with van der Waals surface area (Å²) in [4.78, 5) is 23.4. The van der Waals surface area contributed by atoms with Crippen LogP contribution in [0.4, 0.5) is 26.3 Å². The van der Waals surface area contributed by atoms with E-state index in [-0.39, 0.29) is 47.1 Å². The number of rotatable bonds is 23. The summed E-state index contributed by atoms with van der Waals surface area (Å²) in [6, 6.07) is 53.3. The minimum atomic E-state index is -4.36. The van der Waals surface area contributed by atoms with Crippen molar-refractivity contribution in [2.75, 3.05) is 6.61 Å². The summed E-state index contributed by atoms with van der Waals surface area (Å²) in [7, 11) is 0. The summed E-state index contributed by atoms with van der Waals surface area (Å²) >= 11 is 7.60. The zero-order chi connectivity index (χ0) is 64.3. The van der Waals surface area contributed by atoms with Crippen molar-refractivity contribution in [1.29, 1.82) is 0 Å². The highest BCUT2D eigenvalue weighted by Crippen LogP contribution is 2.47. The molecule has 7 rings (SSSR count). The van der Waals surface area contributed by atoms with Crippen LogP contribution in [0, 0.1) is 11.3 Å². The predicted molar refractivity (Wildman–Crippen MR) is 345 cm³/mol. The fourth-order valence-corrected chi connectivity index (χ4v) is 12.4. The van der Waals surface area contributed by atoms with E-state index in [1.165, 1.54) is 18.1 Å². The van der Waals surface area contributed by atoms with Gasteiger partial charge in [0.15, 0.2) is 0 Å². The minimum Gasteiger partial charge on any atom is -0.508 e. The van der Waals surface area contributed by atoms with Gasteiger partial charge in [-0.3, -0.25) is 9.59 Å². The molecule has 0 heterocycles. The lowest BCUT2D eigenvalue weighted by Gasteiger charge is -2.31. The van der Waals surface area contributed by atoms with Gasteiger partial charge in [0.2, 0.25) is 0 Å². The van der Waals surface area contributed by atoms with Crippen LogP contribution in [0.2, 0.25) is 0 Å². The molecule has 0 amide bonds. The number of hydrogen-bond acceptors (Lipinski definition) is 6. The quantitative estimate of drug-likeness (QED) is 0.0287. The Labute approximate surface area is 528 Å². The van der Waals surface area contributed by atoms with Gasteiger partial charge < -0.3 is 19.7 Å². The highest BCUT2D eigenvalue weighted by Gasteiger charge is 2.36. The van der Waals surface area contributed by atoms with E-state index >= 15 is 0 Å². The monoisotopic (exact) mass is 1330 g/mol. The number of halogens is 8. The molecule has 87 heavy (non-hydrogen) atoms. The average Bonchev–Trinajstić information content (AvgIpc) is 2.26. The van der Waals surface area contributed by atoms with E-state index in [0.29, 0.717) is 37.0 Å². The van der Waals surface area contributed by atoms with Gasteiger partial charge in [-0.25, -0.2) is 0 Å². The maximum atomic E-state index is 13.0. The zero-order valence-electron chi connectivity index (χ0n) is 51.5. The highest BCUT2D eigenvalue weighted by molar-refractivity contribution is 9.09. The van der Waals surface area contributed by atoms with Crippen LogP contribution in [-0.2, 0) is 35.3 Å². The second kappa shape index (κ2) is 32.2. The van der Waals surface area contributed by atoms with Crippen molar-refractivity contribution in [3.8, 4) is 17.2 Å². The maximum absolute atomic E-state index is 13.0. The molecule has 7 aromatic carbocycles. The molecule has 0 fully saturated rings. The topological polar surface area (TPSA) is 93.1 Å². The number of esters is 2. The number of benzene rings is 7. The lowest BCUT2D eigenvalue weighted by molar-refractivity contribution is -0.154. The molecule has 6 nitrogen and oxygen atoms in total. The van der Waals surface area contributed by atoms with Crippen LogP contribution < -0.4 is 4.74 Å². The van der Waals surface area contributed by atoms with Gasteiger partial charge in [-0.05, 0) is 208 Å². The van der Waals surface area contributed by atoms with Gasteiger partial charge in [0.1, 0.15) is 17.2 Å². The lowest BCUT2D eigenvalue weighted by Crippen LogP contribution is -2.29. The molecule has 8 unspecified atom stereocenters. The Balaban J connectivity index is 0.000000244. The molecule has 0 saturated carbocycles. The van der Waals surface area contributed by atoms with Crippen molar-refractivity contribution in [3.05, 3.63) is 232 Å². The summed E-state index contributed by atoms with van der Waals surface area (Å²) in [6.45, 7) is 20.2. The number of hydrogen-bond donors (Lipinski definition) is 2. The van der Waals surface area contributed by atoms with Crippen molar-refractivity contribution in [1.82, 2.24) is 0 Å². The van der Waals surface area contributed by atoms with E-state index in [1.54, 1.807) is 54.6 Å². The van der Waals surface area contributed by atoms with Gasteiger partial charge in [-0.15, -0.1) is 0 Å². The number of alkyl halides is 8. The Kier molecular flexibility index (Phi) is 26.4. The van der Waals surface area contributed by atoms with Gasteiger partial charge in [0.25, 0.3) is 0 Å². The van der Waals surface area contributed by atoms with Gasteiger partial charge in [-0.1, -0.05) is 187 Å². The Morgan fingerprint density at radius 3 is 1.24 bits per heavy atom. The second-order valence-corrected chi connectivity index (χ2v) is 27.5. The molecule has 468 valence electrons. The van der Waals surface area contributed by atoms with Crippen LogP contribution >= 0.6 is 31.9 Å². The smallest absolute Gasteiger partial charge is 0.416 e. The number of carbonyl (C=O) groups excluding carboxylic acids is 2. The van der Waals surface area contributed by atoms with Crippen LogP contribution in [0.25, 0.3) is 0 Å². The molecule has 14 heteroatoms. The van der Waals surface area contributed by atoms with Gasteiger partial charge >= 0.3 is 24.3 Å². The molecule has 0 radical (unpaired) electrons. The molecule has 8 atom stereocenters. The van der Waals surface area contributed by atoms with E-state index in [1.807, 2.05) is 113 Å². The number of phenols is 2. The van der Waals surface area contributed by atoms with Gasteiger partial charge in [0.05, 0.1) is 23.1 Å². The first kappa shape index (κ1) is 71.4. The van der Waals surface area contributed by atoms with Crippen LogP contribution in [0.15, 0.2) is 182 Å². The number of phenolic OH excluding ortho intramolecular Hbond substituents is 2.